The van der Waals surface area contributed by atoms with E-state index in [9.17, 15) is 0 Å². The third kappa shape index (κ3) is 2.10. The van der Waals surface area contributed by atoms with Gasteiger partial charge in [0.2, 0.25) is 0 Å². The molecule has 3 rings (SSSR count). The van der Waals surface area contributed by atoms with E-state index < -0.39 is 0 Å². The Kier molecular flexibility index (Phi) is 2.99. The lowest BCUT2D eigenvalue weighted by molar-refractivity contribution is 0.830. The van der Waals surface area contributed by atoms with Crippen LogP contribution >= 0.6 is 11.3 Å². The minimum atomic E-state index is 0.976. The maximum atomic E-state index is 4.34. The molecule has 2 aromatic heterocycles. The van der Waals surface area contributed by atoms with Crippen molar-refractivity contribution in [1.29, 1.82) is 0 Å². The zero-order valence-electron chi connectivity index (χ0n) is 11.0. The summed E-state index contributed by atoms with van der Waals surface area (Å²) >= 11 is 1.82. The fourth-order valence-corrected chi connectivity index (χ4v) is 3.55. The molecule has 3 heterocycles. The van der Waals surface area contributed by atoms with Crippen molar-refractivity contribution in [3.8, 4) is 0 Å². The highest BCUT2D eigenvalue weighted by Crippen LogP contribution is 2.35. The molecule has 2 nitrogen and oxygen atoms in total. The van der Waals surface area contributed by atoms with Crippen molar-refractivity contribution < 1.29 is 0 Å². The van der Waals surface area contributed by atoms with Crippen LogP contribution in [0.2, 0.25) is 0 Å². The Hall–Kier alpha value is -1.87. The summed E-state index contributed by atoms with van der Waals surface area (Å²) in [5.41, 5.74) is 5.47. The van der Waals surface area contributed by atoms with Crippen molar-refractivity contribution >= 4 is 22.6 Å². The number of thiophene rings is 1. The fraction of sp³-hybridized carbons (Fsp3) is 0.188. The first-order valence-electron chi connectivity index (χ1n) is 6.34. The molecule has 19 heavy (non-hydrogen) atoms. The normalized spacial score (nSPS) is 13.8. The first kappa shape index (κ1) is 12.2. The molecule has 1 aliphatic rings. The molecule has 0 fully saturated rings. The summed E-state index contributed by atoms with van der Waals surface area (Å²) in [6.07, 6.45) is 2.88. The summed E-state index contributed by atoms with van der Waals surface area (Å²) in [7, 11) is 0. The first-order chi connectivity index (χ1) is 9.16. The first-order valence-corrected chi connectivity index (χ1v) is 7.15. The second kappa shape index (κ2) is 4.67. The molecule has 0 amide bonds. The van der Waals surface area contributed by atoms with Crippen LogP contribution in [-0.4, -0.2) is 11.5 Å². The van der Waals surface area contributed by atoms with Crippen LogP contribution in [0.1, 0.15) is 26.6 Å². The molecule has 0 saturated carbocycles. The highest BCUT2D eigenvalue weighted by Gasteiger charge is 2.18. The molecule has 1 N–H and O–H groups in total. The summed E-state index contributed by atoms with van der Waals surface area (Å²) in [5.74, 6) is 0. The molecule has 3 heteroatoms. The van der Waals surface area contributed by atoms with Crippen LogP contribution in [0.5, 0.6) is 0 Å². The van der Waals surface area contributed by atoms with Crippen LogP contribution in [0, 0.1) is 6.92 Å². The molecule has 0 radical (unpaired) electrons. The SMILES string of the molecule is C=C(c1cc2c(s1)CCNC2=C)c1cccnc1C. The van der Waals surface area contributed by atoms with E-state index in [0.717, 1.165) is 35.5 Å². The van der Waals surface area contributed by atoms with Crippen molar-refractivity contribution in [1.82, 2.24) is 10.3 Å². The molecule has 1 aliphatic heterocycles. The number of nitrogens with zero attached hydrogens (tertiary/aromatic N) is 1. The Morgan fingerprint density at radius 1 is 1.47 bits per heavy atom. The topological polar surface area (TPSA) is 24.9 Å². The minimum absolute atomic E-state index is 0.976. The smallest absolute Gasteiger partial charge is 0.0451 e. The number of nitrogens with one attached hydrogen (secondary N) is 1. The summed E-state index contributed by atoms with van der Waals surface area (Å²) in [6.45, 7) is 11.3. The fourth-order valence-electron chi connectivity index (χ4n) is 2.38. The van der Waals surface area contributed by atoms with Crippen molar-refractivity contribution in [3.63, 3.8) is 0 Å². The van der Waals surface area contributed by atoms with Crippen LogP contribution in [0.3, 0.4) is 0 Å². The Labute approximate surface area is 117 Å². The highest BCUT2D eigenvalue weighted by atomic mass is 32.1. The summed E-state index contributed by atoms with van der Waals surface area (Å²) in [6, 6.07) is 6.24. The second-order valence-corrected chi connectivity index (χ2v) is 5.85. The van der Waals surface area contributed by atoms with Crippen molar-refractivity contribution in [2.24, 2.45) is 0 Å². The molecule has 0 unspecified atom stereocenters. The molecule has 2 aromatic rings. The van der Waals surface area contributed by atoms with E-state index in [1.165, 1.54) is 15.3 Å². The maximum absolute atomic E-state index is 4.34. The maximum Gasteiger partial charge on any atom is 0.0451 e. The molecular weight excluding hydrogens is 252 g/mol. The molecule has 0 aliphatic carbocycles. The van der Waals surface area contributed by atoms with Gasteiger partial charge in [-0.05, 0) is 31.1 Å². The number of hydrogen-bond acceptors (Lipinski definition) is 3. The van der Waals surface area contributed by atoms with Gasteiger partial charge in [-0.15, -0.1) is 11.3 Å². The van der Waals surface area contributed by atoms with Crippen molar-refractivity contribution in [2.45, 2.75) is 13.3 Å². The van der Waals surface area contributed by atoms with Crippen LogP contribution in [0.25, 0.3) is 11.3 Å². The van der Waals surface area contributed by atoms with E-state index in [0.29, 0.717) is 0 Å². The number of aromatic nitrogens is 1. The van der Waals surface area contributed by atoms with E-state index in [1.54, 1.807) is 0 Å². The Balaban J connectivity index is 2.02. The molecular formula is C16H16N2S. The Morgan fingerprint density at radius 3 is 3.05 bits per heavy atom. The van der Waals surface area contributed by atoms with Gasteiger partial charge in [0.25, 0.3) is 0 Å². The van der Waals surface area contributed by atoms with Gasteiger partial charge in [0.05, 0.1) is 0 Å². The largest absolute Gasteiger partial charge is 0.385 e. The number of hydrogen-bond donors (Lipinski definition) is 1. The zero-order valence-corrected chi connectivity index (χ0v) is 11.8. The third-order valence-corrected chi connectivity index (χ3v) is 4.71. The van der Waals surface area contributed by atoms with Crippen molar-refractivity contribution in [2.75, 3.05) is 6.54 Å². The minimum Gasteiger partial charge on any atom is -0.385 e. The van der Waals surface area contributed by atoms with Gasteiger partial charge in [0.1, 0.15) is 0 Å². The lowest BCUT2D eigenvalue weighted by Crippen LogP contribution is -2.20. The highest BCUT2D eigenvalue weighted by molar-refractivity contribution is 7.13. The molecule has 0 bridgehead atoms. The Bertz CT molecular complexity index is 667. The van der Waals surface area contributed by atoms with E-state index in [1.807, 2.05) is 30.5 Å². The van der Waals surface area contributed by atoms with Gasteiger partial charge in [-0.25, -0.2) is 0 Å². The summed E-state index contributed by atoms with van der Waals surface area (Å²) < 4.78 is 0. The monoisotopic (exact) mass is 268 g/mol. The quantitative estimate of drug-likeness (QED) is 0.899. The number of rotatable bonds is 2. The van der Waals surface area contributed by atoms with Crippen LogP contribution in [0.15, 0.2) is 37.6 Å². The number of pyridine rings is 1. The van der Waals surface area contributed by atoms with Gasteiger partial charge >= 0.3 is 0 Å². The molecule has 0 saturated heterocycles. The van der Waals surface area contributed by atoms with E-state index in [-0.39, 0.29) is 0 Å². The van der Waals surface area contributed by atoms with Crippen LogP contribution in [0.4, 0.5) is 0 Å². The zero-order chi connectivity index (χ0) is 13.4. The van der Waals surface area contributed by atoms with E-state index in [2.05, 4.69) is 35.6 Å². The molecule has 0 spiro atoms. The van der Waals surface area contributed by atoms with Gasteiger partial charge in [0, 0.05) is 45.0 Å². The molecule has 0 aromatic carbocycles. The average Bonchev–Trinajstić information content (AvgIpc) is 2.84. The summed E-state index contributed by atoms with van der Waals surface area (Å²) in [4.78, 5) is 6.95. The van der Waals surface area contributed by atoms with Crippen LogP contribution < -0.4 is 5.32 Å². The van der Waals surface area contributed by atoms with Gasteiger partial charge < -0.3 is 5.32 Å². The summed E-state index contributed by atoms with van der Waals surface area (Å²) in [5, 5.41) is 3.31. The van der Waals surface area contributed by atoms with Gasteiger partial charge in [-0.1, -0.05) is 19.2 Å². The van der Waals surface area contributed by atoms with Gasteiger partial charge in [-0.2, -0.15) is 0 Å². The van der Waals surface area contributed by atoms with Gasteiger partial charge in [-0.3, -0.25) is 4.98 Å². The standard InChI is InChI=1S/C16H16N2S/c1-10(13-5-4-7-17-11(13)2)16-9-14-12(3)18-8-6-15(14)19-16/h4-5,7,9,18H,1,3,6,8H2,2H3. The number of fused-ring (bicyclic) bond motifs is 1. The lowest BCUT2D eigenvalue weighted by Gasteiger charge is -2.15. The van der Waals surface area contributed by atoms with Crippen LogP contribution in [-0.2, 0) is 6.42 Å². The van der Waals surface area contributed by atoms with Crippen molar-refractivity contribution in [3.05, 3.63) is 64.1 Å². The Morgan fingerprint density at radius 2 is 2.32 bits per heavy atom. The molecule has 96 valence electrons. The van der Waals surface area contributed by atoms with Gasteiger partial charge in [0.15, 0.2) is 0 Å². The molecule has 0 atom stereocenters. The predicted octanol–water partition coefficient (Wildman–Crippen LogP) is 3.63. The number of aryl methyl sites for hydroxylation is 1. The van der Waals surface area contributed by atoms with E-state index >= 15 is 0 Å². The third-order valence-electron chi connectivity index (χ3n) is 3.45. The lowest BCUT2D eigenvalue weighted by atomic mass is 10.0. The average molecular weight is 268 g/mol. The van der Waals surface area contributed by atoms with E-state index in [4.69, 9.17) is 0 Å². The second-order valence-electron chi connectivity index (χ2n) is 4.72. The predicted molar refractivity (Wildman–Crippen MR) is 82.2 cm³/mol.